The van der Waals surface area contributed by atoms with Crippen LogP contribution in [0.3, 0.4) is 0 Å². The molecule has 0 bridgehead atoms. The van der Waals surface area contributed by atoms with Crippen LogP contribution in [-0.2, 0) is 10.0 Å². The van der Waals surface area contributed by atoms with Gasteiger partial charge in [-0.2, -0.15) is 0 Å². The maximum atomic E-state index is 13.7. The number of anilines is 1. The Bertz CT molecular complexity index is 746. The average Bonchev–Trinajstić information content (AvgIpc) is 2.44. The zero-order valence-electron chi connectivity index (χ0n) is 11.2. The van der Waals surface area contributed by atoms with Crippen molar-refractivity contribution in [3.63, 3.8) is 0 Å². The van der Waals surface area contributed by atoms with Crippen LogP contribution in [0.15, 0.2) is 47.4 Å². The zero-order valence-corrected chi connectivity index (χ0v) is 12.7. The quantitative estimate of drug-likeness (QED) is 0.904. The molecule has 3 N–H and O–H groups in total. The van der Waals surface area contributed by atoms with Gasteiger partial charge in [-0.1, -0.05) is 29.8 Å². The second-order valence-corrected chi connectivity index (χ2v) is 6.65. The van der Waals surface area contributed by atoms with E-state index < -0.39 is 15.8 Å². The van der Waals surface area contributed by atoms with Crippen LogP contribution in [0.2, 0.25) is 5.02 Å². The fourth-order valence-corrected chi connectivity index (χ4v) is 2.97. The van der Waals surface area contributed by atoms with Crippen LogP contribution in [0.1, 0.15) is 18.5 Å². The van der Waals surface area contributed by atoms with Crippen LogP contribution in [0.4, 0.5) is 10.1 Å². The van der Waals surface area contributed by atoms with Crippen molar-refractivity contribution in [2.24, 2.45) is 5.73 Å². The van der Waals surface area contributed by atoms with E-state index in [4.69, 9.17) is 17.3 Å². The Kier molecular flexibility index (Phi) is 4.51. The molecule has 0 aliphatic rings. The SMILES string of the molecule is CC(N)c1ccc(S(=O)(=O)Nc2cccc(Cl)c2F)cc1. The highest BCUT2D eigenvalue weighted by Crippen LogP contribution is 2.25. The Morgan fingerprint density at radius 3 is 2.38 bits per heavy atom. The molecule has 4 nitrogen and oxygen atoms in total. The number of rotatable bonds is 4. The van der Waals surface area contributed by atoms with Crippen LogP contribution >= 0.6 is 11.6 Å². The largest absolute Gasteiger partial charge is 0.324 e. The number of hydrogen-bond acceptors (Lipinski definition) is 3. The van der Waals surface area contributed by atoms with Gasteiger partial charge in [0.2, 0.25) is 0 Å². The van der Waals surface area contributed by atoms with Crippen molar-refractivity contribution in [3.8, 4) is 0 Å². The lowest BCUT2D eigenvalue weighted by Crippen LogP contribution is -2.14. The summed E-state index contributed by atoms with van der Waals surface area (Å²) < 4.78 is 40.3. The molecule has 0 aliphatic carbocycles. The molecule has 0 radical (unpaired) electrons. The fourth-order valence-electron chi connectivity index (χ4n) is 1.74. The standard InChI is InChI=1S/C14H14ClFN2O2S/c1-9(17)10-5-7-11(8-6-10)21(19,20)18-13-4-2-3-12(15)14(13)16/h2-9,18H,17H2,1H3. The van der Waals surface area contributed by atoms with Gasteiger partial charge in [-0.15, -0.1) is 0 Å². The monoisotopic (exact) mass is 328 g/mol. The minimum Gasteiger partial charge on any atom is -0.324 e. The lowest BCUT2D eigenvalue weighted by Gasteiger charge is -2.11. The van der Waals surface area contributed by atoms with Gasteiger partial charge in [-0.25, -0.2) is 12.8 Å². The molecule has 0 aliphatic heterocycles. The highest BCUT2D eigenvalue weighted by molar-refractivity contribution is 7.92. The topological polar surface area (TPSA) is 72.2 Å². The number of halogens is 2. The molecule has 7 heteroatoms. The highest BCUT2D eigenvalue weighted by Gasteiger charge is 2.17. The molecule has 0 saturated heterocycles. The number of sulfonamides is 1. The Hall–Kier alpha value is -1.63. The summed E-state index contributed by atoms with van der Waals surface area (Å²) in [6, 6.07) is 9.98. The molecular formula is C14H14ClFN2O2S. The molecule has 2 aromatic carbocycles. The first-order valence-electron chi connectivity index (χ1n) is 6.13. The number of nitrogens with two attached hydrogens (primary N) is 1. The number of benzene rings is 2. The number of nitrogens with one attached hydrogen (secondary N) is 1. The van der Waals surface area contributed by atoms with Gasteiger partial charge >= 0.3 is 0 Å². The Morgan fingerprint density at radius 2 is 1.81 bits per heavy atom. The van der Waals surface area contributed by atoms with Crippen molar-refractivity contribution in [3.05, 3.63) is 58.9 Å². The van der Waals surface area contributed by atoms with Gasteiger partial charge in [0.15, 0.2) is 5.82 Å². The smallest absolute Gasteiger partial charge is 0.261 e. The van der Waals surface area contributed by atoms with Crippen LogP contribution in [0, 0.1) is 5.82 Å². The van der Waals surface area contributed by atoms with Gasteiger partial charge in [-0.3, -0.25) is 4.72 Å². The number of hydrogen-bond donors (Lipinski definition) is 2. The molecular weight excluding hydrogens is 315 g/mol. The van der Waals surface area contributed by atoms with E-state index in [0.717, 1.165) is 5.56 Å². The molecule has 0 amide bonds. The van der Waals surface area contributed by atoms with Crippen molar-refractivity contribution < 1.29 is 12.8 Å². The van der Waals surface area contributed by atoms with Gasteiger partial charge in [-0.05, 0) is 36.8 Å². The zero-order chi connectivity index (χ0) is 15.6. The van der Waals surface area contributed by atoms with Crippen molar-refractivity contribution in [1.82, 2.24) is 0 Å². The molecule has 2 aromatic rings. The second-order valence-electron chi connectivity index (χ2n) is 4.56. The van der Waals surface area contributed by atoms with Crippen LogP contribution in [0.5, 0.6) is 0 Å². The summed E-state index contributed by atoms with van der Waals surface area (Å²) in [5.41, 5.74) is 6.32. The highest BCUT2D eigenvalue weighted by atomic mass is 35.5. The summed E-state index contributed by atoms with van der Waals surface area (Å²) >= 11 is 5.62. The van der Waals surface area contributed by atoms with Gasteiger partial charge in [0.1, 0.15) is 0 Å². The fraction of sp³-hybridized carbons (Fsp3) is 0.143. The van der Waals surface area contributed by atoms with Gasteiger partial charge in [0, 0.05) is 6.04 Å². The first kappa shape index (κ1) is 15.8. The predicted molar refractivity (Wildman–Crippen MR) is 81.3 cm³/mol. The molecule has 0 heterocycles. The molecule has 2 rings (SSSR count). The van der Waals surface area contributed by atoms with E-state index in [9.17, 15) is 12.8 Å². The summed E-state index contributed by atoms with van der Waals surface area (Å²) in [7, 11) is -3.88. The van der Waals surface area contributed by atoms with E-state index in [0.29, 0.717) is 0 Å². The van der Waals surface area contributed by atoms with Crippen LogP contribution in [0.25, 0.3) is 0 Å². The summed E-state index contributed by atoms with van der Waals surface area (Å²) in [5, 5.41) is -0.150. The van der Waals surface area contributed by atoms with Crippen molar-refractivity contribution >= 4 is 27.3 Å². The first-order chi connectivity index (χ1) is 9.81. The molecule has 0 fully saturated rings. The van der Waals surface area contributed by atoms with Gasteiger partial charge in [0.25, 0.3) is 10.0 Å². The Labute approximate surface area is 127 Å². The maximum Gasteiger partial charge on any atom is 0.261 e. The van der Waals surface area contributed by atoms with Crippen LogP contribution in [-0.4, -0.2) is 8.42 Å². The van der Waals surface area contributed by atoms with Crippen molar-refractivity contribution in [2.45, 2.75) is 17.9 Å². The normalized spacial score (nSPS) is 13.0. The molecule has 1 atom stereocenters. The molecule has 0 aromatic heterocycles. The lowest BCUT2D eigenvalue weighted by molar-refractivity contribution is 0.598. The summed E-state index contributed by atoms with van der Waals surface area (Å²) in [4.78, 5) is 0.0197. The Balaban J connectivity index is 2.32. The Morgan fingerprint density at radius 1 is 1.19 bits per heavy atom. The van der Waals surface area contributed by atoms with Gasteiger partial charge in [0.05, 0.1) is 15.6 Å². The minimum atomic E-state index is -3.88. The predicted octanol–water partition coefficient (Wildman–Crippen LogP) is 3.30. The lowest BCUT2D eigenvalue weighted by atomic mass is 10.1. The third kappa shape index (κ3) is 3.53. The van der Waals surface area contributed by atoms with E-state index in [2.05, 4.69) is 4.72 Å². The van der Waals surface area contributed by atoms with Crippen molar-refractivity contribution in [2.75, 3.05) is 4.72 Å². The summed E-state index contributed by atoms with van der Waals surface area (Å²) in [6.45, 7) is 1.79. The van der Waals surface area contributed by atoms with E-state index >= 15 is 0 Å². The van der Waals surface area contributed by atoms with E-state index in [1.165, 1.54) is 30.3 Å². The molecule has 112 valence electrons. The molecule has 21 heavy (non-hydrogen) atoms. The molecule has 1 unspecified atom stereocenters. The third-order valence-electron chi connectivity index (χ3n) is 2.91. The average molecular weight is 329 g/mol. The van der Waals surface area contributed by atoms with E-state index in [1.807, 2.05) is 0 Å². The molecule has 0 spiro atoms. The summed E-state index contributed by atoms with van der Waals surface area (Å²) in [5.74, 6) is -0.810. The van der Waals surface area contributed by atoms with Crippen LogP contribution < -0.4 is 10.5 Å². The first-order valence-corrected chi connectivity index (χ1v) is 8.00. The van der Waals surface area contributed by atoms with E-state index in [-0.39, 0.29) is 21.6 Å². The summed E-state index contributed by atoms with van der Waals surface area (Å²) in [6.07, 6.45) is 0. The van der Waals surface area contributed by atoms with Gasteiger partial charge < -0.3 is 5.73 Å². The third-order valence-corrected chi connectivity index (χ3v) is 4.59. The second kappa shape index (κ2) is 6.01. The minimum absolute atomic E-state index is 0.0197. The molecule has 0 saturated carbocycles. The van der Waals surface area contributed by atoms with E-state index in [1.54, 1.807) is 19.1 Å². The maximum absolute atomic E-state index is 13.7. The van der Waals surface area contributed by atoms with Crippen molar-refractivity contribution in [1.29, 1.82) is 0 Å².